The average Bonchev–Trinajstić information content (AvgIpc) is 0.884. The molecule has 0 aliphatic rings. The highest BCUT2D eigenvalue weighted by Crippen LogP contribution is 2.42. The number of allylic oxidation sites excluding steroid dienone is 6. The molecule has 0 N–H and O–H groups in total. The number of carbonyl (C=O) groups excluding carboxylic acids is 1. The summed E-state index contributed by atoms with van der Waals surface area (Å²) in [5.41, 5.74) is 0. The molecule has 0 fully saturated rings. The minimum absolute atomic E-state index is 0.0276. The van der Waals surface area contributed by atoms with Crippen LogP contribution in [0, 0.1) is 47.9 Å². The number of aldehydes is 1. The Balaban J connectivity index is -0.000000265. The van der Waals surface area contributed by atoms with Gasteiger partial charge in [-0.1, -0.05) is 279 Å². The Bertz CT molecular complexity index is 2370. The Kier molecular flexibility index (Phi) is 65.1. The van der Waals surface area contributed by atoms with Crippen molar-refractivity contribution in [2.45, 2.75) is 415 Å². The third kappa shape index (κ3) is 59.2. The first-order chi connectivity index (χ1) is 45.0. The van der Waals surface area contributed by atoms with Gasteiger partial charge in [-0.2, -0.15) is 0 Å². The quantitative estimate of drug-likeness (QED) is 0.0210. The summed E-state index contributed by atoms with van der Waals surface area (Å²) >= 11 is 9.99. The molecule has 572 valence electrons. The largest absolute Gasteiger partial charge is 0.414 e. The molecule has 0 saturated carbocycles. The van der Waals surface area contributed by atoms with Crippen LogP contribution >= 0.6 is 47.8 Å². The molecule has 0 saturated heterocycles. The molecule has 0 aromatic heterocycles. The summed E-state index contributed by atoms with van der Waals surface area (Å²) in [6.07, 6.45) is 48.3. The van der Waals surface area contributed by atoms with Gasteiger partial charge in [-0.15, -0.1) is 24.2 Å². The molecular weight excluding hydrogens is 1490 g/mol. The predicted octanol–water partition coefficient (Wildman–Crippen LogP) is 29.3. The van der Waals surface area contributed by atoms with E-state index in [2.05, 4.69) is 362 Å². The van der Waals surface area contributed by atoms with Gasteiger partial charge in [0.15, 0.2) is 41.6 Å². The molecule has 0 heterocycles. The number of hydrogen-bond donors (Lipinski definition) is 0. The van der Waals surface area contributed by atoms with Crippen molar-refractivity contribution in [2.75, 3.05) is 5.33 Å². The van der Waals surface area contributed by atoms with E-state index in [9.17, 15) is 4.79 Å². The molecule has 0 radical (unpaired) electrons. The van der Waals surface area contributed by atoms with Crippen molar-refractivity contribution in [1.29, 1.82) is 0 Å². The second-order valence-electron chi connectivity index (χ2n) is 33.1. The molecule has 0 spiro atoms. The SMILES string of the molecule is C#CC[C@@H](CCC)O[Si](C)(C)C(C)(C)C.CC/C=C\C/C=C\C[C@@H](CC=O)O[Si](C)(C)C(C)(C)C.CC/C=C\C/C=C\C[C@@H](CCC)O[Si](C)(C)C(C)(C)C.CCC#CCBr.CCC#CCC#CC[C@@H](CCC)O[Si](C)(C)C(C)(C)C.CCC[C@H](CC=C(Br)Br)O[Si](C)(C)C(C)(C)C. The zero-order valence-corrected chi connectivity index (χ0v) is 80.1. The van der Waals surface area contributed by atoms with Gasteiger partial charge < -0.3 is 26.9 Å². The monoisotopic (exact) mass is 1640 g/mol. The van der Waals surface area contributed by atoms with Crippen LogP contribution in [0.2, 0.25) is 90.7 Å². The van der Waals surface area contributed by atoms with Crippen LogP contribution in [0.4, 0.5) is 0 Å². The van der Waals surface area contributed by atoms with E-state index in [0.717, 1.165) is 118 Å². The Morgan fingerprint density at radius 1 is 0.388 bits per heavy atom. The molecule has 0 aromatic rings. The summed E-state index contributed by atoms with van der Waals surface area (Å²) in [5.74, 6) is 21.0. The Morgan fingerprint density at radius 3 is 0.980 bits per heavy atom. The van der Waals surface area contributed by atoms with Crippen molar-refractivity contribution in [1.82, 2.24) is 0 Å². The number of alkyl halides is 1. The Labute approximate surface area is 643 Å². The van der Waals surface area contributed by atoms with Crippen molar-refractivity contribution >= 4 is 95.7 Å². The van der Waals surface area contributed by atoms with Gasteiger partial charge in [-0.25, -0.2) is 0 Å². The molecule has 0 aliphatic carbocycles. The first-order valence-corrected chi connectivity index (χ1v) is 55.0. The van der Waals surface area contributed by atoms with Crippen LogP contribution in [0.3, 0.4) is 0 Å². The van der Waals surface area contributed by atoms with Gasteiger partial charge in [0.1, 0.15) is 6.29 Å². The van der Waals surface area contributed by atoms with Crippen molar-refractivity contribution in [3.63, 3.8) is 0 Å². The fourth-order valence-electron chi connectivity index (χ4n) is 7.79. The molecule has 6 nitrogen and oxygen atoms in total. The van der Waals surface area contributed by atoms with Crippen LogP contribution in [0.25, 0.3) is 0 Å². The lowest BCUT2D eigenvalue weighted by atomic mass is 10.1. The molecule has 0 aromatic carbocycles. The highest BCUT2D eigenvalue weighted by atomic mass is 79.9. The fourth-order valence-corrected chi connectivity index (χ4v) is 15.3. The summed E-state index contributed by atoms with van der Waals surface area (Å²) in [6, 6.07) is 0. The third-order valence-electron chi connectivity index (χ3n) is 18.8. The van der Waals surface area contributed by atoms with E-state index < -0.39 is 41.6 Å². The molecule has 14 heteroatoms. The van der Waals surface area contributed by atoms with E-state index in [1.54, 1.807) is 0 Å². The highest BCUT2D eigenvalue weighted by molar-refractivity contribution is 9.28. The smallest absolute Gasteiger partial charge is 0.192 e. The van der Waals surface area contributed by atoms with E-state index in [0.29, 0.717) is 30.1 Å². The number of rotatable bonds is 34. The van der Waals surface area contributed by atoms with Gasteiger partial charge in [-0.05, 0) is 193 Å². The first kappa shape index (κ1) is 108. The lowest BCUT2D eigenvalue weighted by molar-refractivity contribution is -0.109. The molecular formula is C84H159Br3O6Si5. The molecule has 0 amide bonds. The van der Waals surface area contributed by atoms with E-state index >= 15 is 0 Å². The van der Waals surface area contributed by atoms with Gasteiger partial charge in [-0.3, -0.25) is 0 Å². The minimum atomic E-state index is -1.79. The van der Waals surface area contributed by atoms with Crippen LogP contribution in [-0.4, -0.2) is 83.7 Å². The van der Waals surface area contributed by atoms with Gasteiger partial charge >= 0.3 is 0 Å². The van der Waals surface area contributed by atoms with Gasteiger partial charge in [0, 0.05) is 44.3 Å². The summed E-state index contributed by atoms with van der Waals surface area (Å²) in [6.45, 7) is 74.4. The molecule has 5 atom stereocenters. The maximum atomic E-state index is 10.8. The fraction of sp³-hybridized carbons (Fsp3) is 0.774. The van der Waals surface area contributed by atoms with Crippen LogP contribution in [-0.2, 0) is 26.9 Å². The summed E-state index contributed by atoms with van der Waals surface area (Å²) in [7, 11) is -8.38. The second-order valence-corrected chi connectivity index (χ2v) is 60.2. The zero-order chi connectivity index (χ0) is 77.6. The van der Waals surface area contributed by atoms with Crippen LogP contribution in [0.15, 0.2) is 58.1 Å². The standard InChI is InChI=1S/C18H36OSi.C18H32OSi.C17H32O2Si.C13H26Br2OSi.C13H26OSi.C5H7Br/c2*1-8-10-11-12-13-14-16-17(15-9-2)19-20(6,7)18(3,4)5;1-7-8-9-10-11-12-13-16(14-15-18)19-20(5,6)17(2,3)4;1-7-8-11(9-10-12(14)15)16-17(5,6)13(2,3)4;1-8-10-12(11-9-2)14-15(6,7)13(3,4)5;1-2-3-4-5-6/h10-11,13-14,17H,8-9,12,15-16H2,1-7H3;17H,8-9,12,15-16H2,1-7H3;8-9,11-12,15-16H,7,10,13-14H2,1-6H3;10-11H,7-9H2,1-6H3;1,12H,9-11H2,2-7H3;2,5H2,1H3/b11-10-,14-13-;;9-8-,12-11-;;;/t2*17-;16-;11-;12-;/m11010./s1. The van der Waals surface area contributed by atoms with Crippen molar-refractivity contribution in [3.05, 3.63) is 58.1 Å². The van der Waals surface area contributed by atoms with Gasteiger partial charge in [0.2, 0.25) is 0 Å². The Hall–Kier alpha value is -1.07. The number of hydrogen-bond acceptors (Lipinski definition) is 6. The summed E-state index contributed by atoms with van der Waals surface area (Å²) in [5, 5.41) is 2.11. The topological polar surface area (TPSA) is 63.2 Å². The van der Waals surface area contributed by atoms with Crippen LogP contribution in [0.5, 0.6) is 0 Å². The van der Waals surface area contributed by atoms with E-state index in [1.165, 1.54) is 19.3 Å². The molecule has 0 rings (SSSR count). The molecule has 0 bridgehead atoms. The normalized spacial score (nSPS) is 14.0. The number of carbonyl (C=O) groups is 1. The molecule has 0 unspecified atom stereocenters. The third-order valence-corrected chi connectivity index (χ3v) is 42.4. The molecule has 0 aliphatic heterocycles. The zero-order valence-electron chi connectivity index (χ0n) is 70.4. The average molecular weight is 1650 g/mol. The molecule has 98 heavy (non-hydrogen) atoms. The maximum Gasteiger partial charge on any atom is 0.192 e. The lowest BCUT2D eigenvalue weighted by Crippen LogP contribution is -2.44. The Morgan fingerprint density at radius 2 is 0.684 bits per heavy atom. The summed E-state index contributed by atoms with van der Waals surface area (Å²) in [4.78, 5) is 10.8. The van der Waals surface area contributed by atoms with E-state index in [1.807, 2.05) is 6.92 Å². The van der Waals surface area contributed by atoms with Crippen molar-refractivity contribution < 1.29 is 26.9 Å². The summed E-state index contributed by atoms with van der Waals surface area (Å²) < 4.78 is 33.1. The van der Waals surface area contributed by atoms with E-state index in [-0.39, 0.29) is 38.5 Å². The maximum absolute atomic E-state index is 10.8. The van der Waals surface area contributed by atoms with Crippen LogP contribution in [0.1, 0.15) is 294 Å². The first-order valence-electron chi connectivity index (χ1n) is 37.8. The second kappa shape index (κ2) is 59.1. The van der Waals surface area contributed by atoms with Crippen LogP contribution < -0.4 is 0 Å². The predicted molar refractivity (Wildman–Crippen MR) is 467 cm³/mol. The van der Waals surface area contributed by atoms with Crippen molar-refractivity contribution in [3.8, 4) is 47.9 Å². The van der Waals surface area contributed by atoms with E-state index in [4.69, 9.17) is 28.6 Å². The van der Waals surface area contributed by atoms with Gasteiger partial charge in [0.05, 0.1) is 33.5 Å². The number of halogens is 3. The highest BCUT2D eigenvalue weighted by Gasteiger charge is 2.42. The number of terminal acetylenes is 1. The van der Waals surface area contributed by atoms with Crippen molar-refractivity contribution in [2.24, 2.45) is 0 Å². The lowest BCUT2D eigenvalue weighted by Gasteiger charge is -2.39. The van der Waals surface area contributed by atoms with Gasteiger partial charge in [0.25, 0.3) is 0 Å². The minimum Gasteiger partial charge on any atom is -0.414 e.